The summed E-state index contributed by atoms with van der Waals surface area (Å²) in [5.74, 6) is 7.98. The zero-order chi connectivity index (χ0) is 22.3. The molecule has 31 heavy (non-hydrogen) atoms. The third kappa shape index (κ3) is 6.46. The number of rotatable bonds is 5. The van der Waals surface area contributed by atoms with Crippen molar-refractivity contribution >= 4 is 5.96 Å². The average Bonchev–Trinajstić information content (AvgIpc) is 3.13. The number of benzene rings is 1. The number of aliphatic imine (C=N–C) groups is 1. The number of alkyl halides is 3. The van der Waals surface area contributed by atoms with Crippen molar-refractivity contribution in [1.29, 1.82) is 0 Å². The number of halogens is 3. The second-order valence-electron chi connectivity index (χ2n) is 7.01. The third-order valence-electron chi connectivity index (χ3n) is 4.62. The van der Waals surface area contributed by atoms with Crippen LogP contribution >= 0.6 is 0 Å². The van der Waals surface area contributed by atoms with Crippen molar-refractivity contribution < 1.29 is 17.9 Å². The van der Waals surface area contributed by atoms with Crippen LogP contribution in [0.2, 0.25) is 0 Å². The quantitative estimate of drug-likeness (QED) is 0.429. The Kier molecular flexibility index (Phi) is 7.52. The molecule has 1 unspecified atom stereocenters. The highest BCUT2D eigenvalue weighted by Gasteiger charge is 2.29. The lowest BCUT2D eigenvalue weighted by Crippen LogP contribution is -2.47. The van der Waals surface area contributed by atoms with Crippen molar-refractivity contribution in [1.82, 2.24) is 25.4 Å². The Balaban J connectivity index is 1.58. The molecule has 0 bridgehead atoms. The normalized spacial score (nSPS) is 16.3. The van der Waals surface area contributed by atoms with Crippen LogP contribution in [-0.2, 0) is 30.5 Å². The first-order valence-electron chi connectivity index (χ1n) is 10.0. The van der Waals surface area contributed by atoms with Gasteiger partial charge in [0.25, 0.3) is 0 Å². The number of aromatic nitrogens is 3. The van der Waals surface area contributed by atoms with Gasteiger partial charge in [-0.3, -0.25) is 0 Å². The van der Waals surface area contributed by atoms with E-state index in [0.717, 1.165) is 30.8 Å². The highest BCUT2D eigenvalue weighted by Crippen LogP contribution is 2.28. The van der Waals surface area contributed by atoms with Gasteiger partial charge in [-0.05, 0) is 37.6 Å². The number of nitrogens with zero attached hydrogens (tertiary/aromatic N) is 4. The van der Waals surface area contributed by atoms with Gasteiger partial charge < -0.3 is 15.4 Å². The Labute approximate surface area is 179 Å². The number of hydrogen-bond donors (Lipinski definition) is 2. The van der Waals surface area contributed by atoms with Crippen LogP contribution in [0, 0.1) is 11.8 Å². The summed E-state index contributed by atoms with van der Waals surface area (Å²) in [5.41, 5.74) is -0.175. The van der Waals surface area contributed by atoms with Gasteiger partial charge in [-0.25, -0.2) is 14.7 Å². The Hall–Kier alpha value is -3.06. The molecule has 7 nitrogen and oxygen atoms in total. The van der Waals surface area contributed by atoms with Crippen molar-refractivity contribution in [3.05, 3.63) is 47.0 Å². The Morgan fingerprint density at radius 1 is 1.32 bits per heavy atom. The molecule has 0 amide bonds. The minimum atomic E-state index is -4.35. The predicted octanol–water partition coefficient (Wildman–Crippen LogP) is 2.36. The molecule has 1 aromatic heterocycles. The van der Waals surface area contributed by atoms with E-state index in [1.165, 1.54) is 12.1 Å². The van der Waals surface area contributed by atoms with Gasteiger partial charge in [-0.1, -0.05) is 11.8 Å². The van der Waals surface area contributed by atoms with E-state index < -0.39 is 11.7 Å². The largest absolute Gasteiger partial charge is 0.416 e. The second-order valence-corrected chi connectivity index (χ2v) is 7.01. The van der Waals surface area contributed by atoms with Gasteiger partial charge in [0, 0.05) is 31.7 Å². The summed E-state index contributed by atoms with van der Waals surface area (Å²) in [6.45, 7) is 3.94. The van der Waals surface area contributed by atoms with E-state index in [-0.39, 0.29) is 12.6 Å². The maximum Gasteiger partial charge on any atom is 0.416 e. The molecule has 166 valence electrons. The minimum absolute atomic E-state index is 0.144. The number of ether oxygens (including phenoxy) is 1. The molecule has 0 aliphatic carbocycles. The average molecular weight is 434 g/mol. The van der Waals surface area contributed by atoms with Gasteiger partial charge >= 0.3 is 6.18 Å². The molecule has 3 rings (SSSR count). The van der Waals surface area contributed by atoms with Crippen molar-refractivity contribution in [2.75, 3.05) is 20.2 Å². The first-order chi connectivity index (χ1) is 14.9. The molecule has 1 aromatic carbocycles. The molecular weight excluding hydrogens is 409 g/mol. The predicted molar refractivity (Wildman–Crippen MR) is 110 cm³/mol. The van der Waals surface area contributed by atoms with Crippen LogP contribution in [0.25, 0.3) is 0 Å². The molecular formula is C21H25F3N6O. The molecule has 2 aromatic rings. The summed E-state index contributed by atoms with van der Waals surface area (Å²) in [6, 6.07) is 4.92. The number of fused-ring (bicyclic) bond motifs is 1. The van der Waals surface area contributed by atoms with Crippen LogP contribution in [0.3, 0.4) is 0 Å². The smallest absolute Gasteiger partial charge is 0.377 e. The Morgan fingerprint density at radius 2 is 2.10 bits per heavy atom. The van der Waals surface area contributed by atoms with Crippen molar-refractivity contribution in [3.63, 3.8) is 0 Å². The summed E-state index contributed by atoms with van der Waals surface area (Å²) in [7, 11) is 1.62. The molecule has 0 spiro atoms. The first kappa shape index (κ1) is 22.6. The van der Waals surface area contributed by atoms with E-state index >= 15 is 0 Å². The fourth-order valence-electron chi connectivity index (χ4n) is 3.18. The highest BCUT2D eigenvalue weighted by molar-refractivity contribution is 5.80. The van der Waals surface area contributed by atoms with E-state index in [0.29, 0.717) is 37.0 Å². The fourth-order valence-corrected chi connectivity index (χ4v) is 3.18. The number of nitrogens with one attached hydrogen (secondary N) is 2. The van der Waals surface area contributed by atoms with E-state index in [2.05, 4.69) is 37.5 Å². The van der Waals surface area contributed by atoms with E-state index in [1.54, 1.807) is 7.11 Å². The topological polar surface area (TPSA) is 76.4 Å². The third-order valence-corrected chi connectivity index (χ3v) is 4.62. The van der Waals surface area contributed by atoms with Gasteiger partial charge in [0.05, 0.1) is 12.1 Å². The van der Waals surface area contributed by atoms with Crippen molar-refractivity contribution in [2.45, 2.75) is 45.1 Å². The lowest BCUT2D eigenvalue weighted by atomic mass is 10.1. The first-order valence-corrected chi connectivity index (χ1v) is 10.0. The van der Waals surface area contributed by atoms with E-state index in [9.17, 15) is 13.2 Å². The van der Waals surface area contributed by atoms with Gasteiger partial charge in [0.1, 0.15) is 19.0 Å². The number of methoxy groups -OCH3 is 1. The second kappa shape index (κ2) is 10.3. The number of aryl methyl sites for hydroxylation is 1. The fraction of sp³-hybridized carbons (Fsp3) is 0.476. The maximum atomic E-state index is 12.6. The van der Waals surface area contributed by atoms with E-state index in [4.69, 9.17) is 4.74 Å². The van der Waals surface area contributed by atoms with Crippen LogP contribution in [0.1, 0.15) is 36.1 Å². The SMILES string of the molecule is CCNC(=NCC#Cc1ccc(C(F)(F)F)cc1)NC1CCc2nc(COC)nn2C1. The zero-order valence-corrected chi connectivity index (χ0v) is 17.5. The van der Waals surface area contributed by atoms with Crippen LogP contribution in [0.15, 0.2) is 29.3 Å². The molecule has 10 heteroatoms. The summed E-state index contributed by atoms with van der Waals surface area (Å²) in [6.07, 6.45) is -2.64. The number of hydrogen-bond acceptors (Lipinski definition) is 4. The molecule has 2 heterocycles. The van der Waals surface area contributed by atoms with Gasteiger partial charge in [-0.15, -0.1) is 0 Å². The molecule has 1 aliphatic heterocycles. The summed E-state index contributed by atoms with van der Waals surface area (Å²) in [5, 5.41) is 11.0. The zero-order valence-electron chi connectivity index (χ0n) is 17.5. The van der Waals surface area contributed by atoms with Crippen molar-refractivity contribution in [2.24, 2.45) is 4.99 Å². The molecule has 1 atom stereocenters. The summed E-state index contributed by atoms with van der Waals surface area (Å²) in [4.78, 5) is 8.92. The Morgan fingerprint density at radius 3 is 2.77 bits per heavy atom. The maximum absolute atomic E-state index is 12.6. The molecule has 2 N–H and O–H groups in total. The van der Waals surface area contributed by atoms with Gasteiger partial charge in [-0.2, -0.15) is 18.3 Å². The van der Waals surface area contributed by atoms with Crippen LogP contribution < -0.4 is 10.6 Å². The van der Waals surface area contributed by atoms with Crippen molar-refractivity contribution in [3.8, 4) is 11.8 Å². The minimum Gasteiger partial charge on any atom is -0.377 e. The lowest BCUT2D eigenvalue weighted by Gasteiger charge is -2.25. The van der Waals surface area contributed by atoms with Crippen LogP contribution in [0.4, 0.5) is 13.2 Å². The molecule has 0 radical (unpaired) electrons. The van der Waals surface area contributed by atoms with Crippen LogP contribution in [0.5, 0.6) is 0 Å². The summed E-state index contributed by atoms with van der Waals surface area (Å²) >= 11 is 0. The van der Waals surface area contributed by atoms with Gasteiger partial charge in [0.2, 0.25) is 0 Å². The highest BCUT2D eigenvalue weighted by atomic mass is 19.4. The monoisotopic (exact) mass is 434 g/mol. The van der Waals surface area contributed by atoms with E-state index in [1.807, 2.05) is 11.6 Å². The standard InChI is InChI=1S/C21H25F3N6O/c1-3-25-20(26-12-4-5-15-6-8-16(9-7-15)21(22,23)24)27-17-10-11-19-28-18(14-31-2)29-30(19)13-17/h6-9,17H,3,10-14H2,1-2H3,(H2,25,26,27). The molecule has 1 aliphatic rings. The summed E-state index contributed by atoms with van der Waals surface area (Å²) < 4.78 is 44.8. The lowest BCUT2D eigenvalue weighted by molar-refractivity contribution is -0.137. The molecule has 0 fully saturated rings. The Bertz CT molecular complexity index is 956. The molecule has 0 saturated heterocycles. The van der Waals surface area contributed by atoms with Crippen LogP contribution in [-0.4, -0.2) is 47.0 Å². The number of guanidine groups is 1. The van der Waals surface area contributed by atoms with Gasteiger partial charge in [0.15, 0.2) is 11.8 Å². The molecule has 0 saturated carbocycles.